The first-order valence-corrected chi connectivity index (χ1v) is 4.64. The summed E-state index contributed by atoms with van der Waals surface area (Å²) in [4.78, 5) is 10.2. The molecule has 0 bridgehead atoms. The van der Waals surface area contributed by atoms with E-state index >= 15 is 0 Å². The van der Waals surface area contributed by atoms with Crippen LogP contribution in [0.5, 0.6) is 0 Å². The van der Waals surface area contributed by atoms with E-state index in [1.807, 2.05) is 0 Å². The second-order valence-corrected chi connectivity index (χ2v) is 3.52. The first-order valence-electron chi connectivity index (χ1n) is 3.85. The monoisotopic (exact) mass is 253 g/mol. The highest BCUT2D eigenvalue weighted by atomic mass is 79.9. The summed E-state index contributed by atoms with van der Waals surface area (Å²) in [6.07, 6.45) is -0.171. The van der Waals surface area contributed by atoms with E-state index in [1.165, 1.54) is 0 Å². The van der Waals surface area contributed by atoms with E-state index < -0.39 is 5.97 Å². The standard InChI is InChI=1S/C10H8BrNO2/c11-8-5-4-7(9(12)6-8)2-1-3-10(13)14/h4-6H,3,12H2,(H,13,14). The van der Waals surface area contributed by atoms with Crippen LogP contribution in [0.2, 0.25) is 0 Å². The molecule has 4 heteroatoms. The van der Waals surface area contributed by atoms with E-state index in [9.17, 15) is 4.79 Å². The largest absolute Gasteiger partial charge is 0.481 e. The van der Waals surface area contributed by atoms with Gasteiger partial charge in [0.25, 0.3) is 0 Å². The predicted octanol–water partition coefficient (Wildman–Crippen LogP) is 1.86. The van der Waals surface area contributed by atoms with Crippen molar-refractivity contribution in [2.75, 3.05) is 5.73 Å². The Balaban J connectivity index is 2.85. The first kappa shape index (κ1) is 10.6. The Morgan fingerprint density at radius 1 is 1.57 bits per heavy atom. The van der Waals surface area contributed by atoms with E-state index in [0.29, 0.717) is 11.3 Å². The summed E-state index contributed by atoms with van der Waals surface area (Å²) in [6, 6.07) is 5.28. The predicted molar refractivity (Wildman–Crippen MR) is 57.7 cm³/mol. The molecule has 0 unspecified atom stereocenters. The SMILES string of the molecule is Nc1cc(Br)ccc1C#CCC(=O)O. The molecule has 0 aliphatic rings. The van der Waals surface area contributed by atoms with E-state index in [0.717, 1.165) is 4.47 Å². The number of carboxylic acids is 1. The van der Waals surface area contributed by atoms with Crippen molar-refractivity contribution in [3.63, 3.8) is 0 Å². The number of nitrogen functional groups attached to an aromatic ring is 1. The van der Waals surface area contributed by atoms with E-state index in [1.54, 1.807) is 18.2 Å². The maximum Gasteiger partial charge on any atom is 0.315 e. The molecular formula is C10H8BrNO2. The molecule has 14 heavy (non-hydrogen) atoms. The van der Waals surface area contributed by atoms with Gasteiger partial charge in [0.15, 0.2) is 0 Å². The molecule has 1 aromatic rings. The molecule has 0 radical (unpaired) electrons. The molecule has 3 N–H and O–H groups in total. The minimum Gasteiger partial charge on any atom is -0.481 e. The van der Waals surface area contributed by atoms with E-state index in [2.05, 4.69) is 27.8 Å². The number of rotatable bonds is 1. The van der Waals surface area contributed by atoms with Crippen molar-refractivity contribution in [2.24, 2.45) is 0 Å². The molecule has 0 amide bonds. The fourth-order valence-corrected chi connectivity index (χ4v) is 1.24. The van der Waals surface area contributed by atoms with E-state index in [-0.39, 0.29) is 6.42 Å². The third-order valence-corrected chi connectivity index (χ3v) is 1.97. The van der Waals surface area contributed by atoms with Gasteiger partial charge in [0.05, 0.1) is 0 Å². The molecule has 0 saturated heterocycles. The quantitative estimate of drug-likeness (QED) is 0.593. The van der Waals surface area contributed by atoms with Gasteiger partial charge in [-0.1, -0.05) is 27.8 Å². The third kappa shape index (κ3) is 3.11. The average molecular weight is 254 g/mol. The zero-order valence-corrected chi connectivity index (χ0v) is 8.84. The summed E-state index contributed by atoms with van der Waals surface area (Å²) in [5.74, 6) is 4.27. The Morgan fingerprint density at radius 2 is 2.29 bits per heavy atom. The number of carboxylic acid groups (broad SMARTS) is 1. The Hall–Kier alpha value is -1.47. The molecule has 0 spiro atoms. The van der Waals surface area contributed by atoms with Gasteiger partial charge < -0.3 is 10.8 Å². The number of carbonyl (C=O) groups is 1. The zero-order valence-electron chi connectivity index (χ0n) is 7.25. The van der Waals surface area contributed by atoms with Crippen LogP contribution in [-0.2, 0) is 4.79 Å². The van der Waals surface area contributed by atoms with Crippen molar-refractivity contribution < 1.29 is 9.90 Å². The summed E-state index contributed by atoms with van der Waals surface area (Å²) in [7, 11) is 0. The van der Waals surface area contributed by atoms with Gasteiger partial charge in [0, 0.05) is 15.7 Å². The second-order valence-electron chi connectivity index (χ2n) is 2.60. The molecule has 0 fully saturated rings. The fraction of sp³-hybridized carbons (Fsp3) is 0.100. The van der Waals surface area contributed by atoms with Crippen LogP contribution in [0.15, 0.2) is 22.7 Å². The first-order chi connectivity index (χ1) is 6.59. The molecule has 0 aromatic heterocycles. The molecular weight excluding hydrogens is 246 g/mol. The van der Waals surface area contributed by atoms with E-state index in [4.69, 9.17) is 10.8 Å². The number of aliphatic carboxylic acids is 1. The number of nitrogens with two attached hydrogens (primary N) is 1. The zero-order chi connectivity index (χ0) is 10.6. The highest BCUT2D eigenvalue weighted by Crippen LogP contribution is 2.17. The Labute approximate surface area is 90.1 Å². The second kappa shape index (κ2) is 4.68. The normalized spacial score (nSPS) is 8.93. The van der Waals surface area contributed by atoms with Crippen LogP contribution in [0.4, 0.5) is 5.69 Å². The van der Waals surface area contributed by atoms with Crippen LogP contribution in [0.3, 0.4) is 0 Å². The van der Waals surface area contributed by atoms with Gasteiger partial charge in [-0.05, 0) is 18.2 Å². The van der Waals surface area contributed by atoms with Crippen LogP contribution >= 0.6 is 15.9 Å². The molecule has 72 valence electrons. The number of halogens is 1. The molecule has 0 aliphatic carbocycles. The maximum atomic E-state index is 10.2. The molecule has 3 nitrogen and oxygen atoms in total. The third-order valence-electron chi connectivity index (χ3n) is 1.48. The summed E-state index contributed by atoms with van der Waals surface area (Å²) in [5, 5.41) is 8.36. The van der Waals surface area contributed by atoms with Gasteiger partial charge in [0.1, 0.15) is 6.42 Å². The lowest BCUT2D eigenvalue weighted by atomic mass is 10.2. The number of hydrogen-bond acceptors (Lipinski definition) is 2. The van der Waals surface area contributed by atoms with Crippen LogP contribution < -0.4 is 5.73 Å². The minimum atomic E-state index is -0.937. The molecule has 0 aliphatic heterocycles. The smallest absolute Gasteiger partial charge is 0.315 e. The van der Waals surface area contributed by atoms with Crippen molar-refractivity contribution in [3.05, 3.63) is 28.2 Å². The Bertz CT molecular complexity index is 418. The van der Waals surface area contributed by atoms with Crippen molar-refractivity contribution in [1.82, 2.24) is 0 Å². The van der Waals surface area contributed by atoms with Gasteiger partial charge in [-0.15, -0.1) is 0 Å². The van der Waals surface area contributed by atoms with Gasteiger partial charge in [-0.3, -0.25) is 4.79 Å². The van der Waals surface area contributed by atoms with Crippen LogP contribution in [0.25, 0.3) is 0 Å². The number of anilines is 1. The lowest BCUT2D eigenvalue weighted by molar-refractivity contribution is -0.135. The highest BCUT2D eigenvalue weighted by Gasteiger charge is 1.96. The molecule has 0 saturated carbocycles. The van der Waals surface area contributed by atoms with Crippen molar-refractivity contribution in [2.45, 2.75) is 6.42 Å². The molecule has 0 heterocycles. The Morgan fingerprint density at radius 3 is 2.86 bits per heavy atom. The summed E-state index contributed by atoms with van der Waals surface area (Å²) in [6.45, 7) is 0. The van der Waals surface area contributed by atoms with Crippen molar-refractivity contribution >= 4 is 27.6 Å². The summed E-state index contributed by atoms with van der Waals surface area (Å²) >= 11 is 3.27. The average Bonchev–Trinajstić information content (AvgIpc) is 2.08. The van der Waals surface area contributed by atoms with Gasteiger partial charge in [0.2, 0.25) is 0 Å². The number of hydrogen-bond donors (Lipinski definition) is 2. The summed E-state index contributed by atoms with van der Waals surface area (Å²) in [5.41, 5.74) is 6.85. The van der Waals surface area contributed by atoms with Crippen molar-refractivity contribution in [1.29, 1.82) is 0 Å². The van der Waals surface area contributed by atoms with Crippen molar-refractivity contribution in [3.8, 4) is 11.8 Å². The fourth-order valence-electron chi connectivity index (χ4n) is 0.862. The topological polar surface area (TPSA) is 63.3 Å². The van der Waals surface area contributed by atoms with Gasteiger partial charge in [-0.2, -0.15) is 0 Å². The highest BCUT2D eigenvalue weighted by molar-refractivity contribution is 9.10. The van der Waals surface area contributed by atoms with Gasteiger partial charge >= 0.3 is 5.97 Å². The molecule has 0 atom stereocenters. The van der Waals surface area contributed by atoms with Crippen LogP contribution in [0.1, 0.15) is 12.0 Å². The molecule has 1 rings (SSSR count). The maximum absolute atomic E-state index is 10.2. The lowest BCUT2D eigenvalue weighted by Crippen LogP contribution is -1.92. The van der Waals surface area contributed by atoms with Crippen LogP contribution in [0, 0.1) is 11.8 Å². The minimum absolute atomic E-state index is 0.171. The Kier molecular flexibility index (Phi) is 3.55. The lowest BCUT2D eigenvalue weighted by Gasteiger charge is -1.97. The summed E-state index contributed by atoms with van der Waals surface area (Å²) < 4.78 is 0.874. The van der Waals surface area contributed by atoms with Crippen LogP contribution in [-0.4, -0.2) is 11.1 Å². The number of benzene rings is 1. The van der Waals surface area contributed by atoms with Gasteiger partial charge in [-0.25, -0.2) is 0 Å². The molecule has 1 aromatic carbocycles.